The quantitative estimate of drug-likeness (QED) is 0.796. The summed E-state index contributed by atoms with van der Waals surface area (Å²) >= 11 is 0. The van der Waals surface area contributed by atoms with Gasteiger partial charge in [0.2, 0.25) is 0 Å². The van der Waals surface area contributed by atoms with Gasteiger partial charge in [-0.2, -0.15) is 0 Å². The first-order valence-corrected chi connectivity index (χ1v) is 4.58. The van der Waals surface area contributed by atoms with E-state index in [0.29, 0.717) is 18.0 Å². The van der Waals surface area contributed by atoms with Crippen molar-refractivity contribution in [3.63, 3.8) is 0 Å². The molecule has 0 saturated carbocycles. The van der Waals surface area contributed by atoms with Crippen LogP contribution in [-0.2, 0) is 12.1 Å². The largest absolute Gasteiger partial charge is 0.384 e. The molecule has 0 unspecified atom stereocenters. The lowest BCUT2D eigenvalue weighted by Crippen LogP contribution is -2.15. The zero-order chi connectivity index (χ0) is 10.9. The Bertz CT molecular complexity index is 427. The van der Waals surface area contributed by atoms with Crippen molar-refractivity contribution in [3.05, 3.63) is 29.9 Å². The first-order valence-electron chi connectivity index (χ1n) is 4.58. The highest BCUT2D eigenvalue weighted by molar-refractivity contribution is 5.04. The molecule has 2 rings (SSSR count). The number of aromatic nitrogens is 4. The highest BCUT2D eigenvalue weighted by Crippen LogP contribution is 2.15. The Morgan fingerprint density at radius 3 is 2.87 bits per heavy atom. The molecule has 80 valence electrons. The lowest BCUT2D eigenvalue weighted by atomic mass is 10.1. The summed E-state index contributed by atoms with van der Waals surface area (Å²) in [4.78, 5) is 0. The summed E-state index contributed by atoms with van der Waals surface area (Å²) in [7, 11) is 0. The zero-order valence-corrected chi connectivity index (χ0v) is 8.58. The van der Waals surface area contributed by atoms with Crippen LogP contribution in [0.25, 0.3) is 0 Å². The minimum atomic E-state index is -0.973. The monoisotopic (exact) mass is 208 g/mol. The molecule has 0 bridgehead atoms. The van der Waals surface area contributed by atoms with Gasteiger partial charge in [-0.3, -0.25) is 0 Å². The normalized spacial score (nSPS) is 11.9. The van der Waals surface area contributed by atoms with Crippen LogP contribution in [0.3, 0.4) is 0 Å². The van der Waals surface area contributed by atoms with Gasteiger partial charge in [-0.15, -0.1) is 5.10 Å². The van der Waals surface area contributed by atoms with Crippen LogP contribution >= 0.6 is 0 Å². The van der Waals surface area contributed by atoms with Crippen molar-refractivity contribution in [2.24, 2.45) is 0 Å². The number of nitrogens with zero attached hydrogens (tertiary/aromatic N) is 4. The molecule has 0 aliphatic heterocycles. The van der Waals surface area contributed by atoms with Crippen molar-refractivity contribution in [2.75, 3.05) is 0 Å². The molecule has 6 heteroatoms. The van der Waals surface area contributed by atoms with Crippen molar-refractivity contribution in [3.8, 4) is 0 Å². The summed E-state index contributed by atoms with van der Waals surface area (Å²) in [6.07, 6.45) is 3.26. The van der Waals surface area contributed by atoms with E-state index >= 15 is 0 Å². The third-order valence-electron chi connectivity index (χ3n) is 1.97. The average Bonchev–Trinajstić information content (AvgIpc) is 2.73. The van der Waals surface area contributed by atoms with E-state index in [1.165, 1.54) is 0 Å². The van der Waals surface area contributed by atoms with E-state index in [9.17, 15) is 5.11 Å². The highest BCUT2D eigenvalue weighted by Gasteiger charge is 2.20. The number of hydrogen-bond acceptors (Lipinski definition) is 5. The van der Waals surface area contributed by atoms with Crippen molar-refractivity contribution < 1.29 is 9.63 Å². The maximum atomic E-state index is 9.68. The molecule has 0 spiro atoms. The van der Waals surface area contributed by atoms with Crippen molar-refractivity contribution in [1.82, 2.24) is 20.2 Å². The van der Waals surface area contributed by atoms with Crippen LogP contribution in [0, 0.1) is 0 Å². The molecule has 0 aromatic carbocycles. The number of rotatable bonds is 3. The molecule has 0 saturated heterocycles. The van der Waals surface area contributed by atoms with Gasteiger partial charge in [0.1, 0.15) is 17.8 Å². The van der Waals surface area contributed by atoms with Crippen LogP contribution in [0.5, 0.6) is 0 Å². The standard InChI is InChI=1S/C9H12N4O2/c1-9(2,14)8-6-13(12-11-8)5-7-3-4-10-15-7/h3-4,6,14H,5H2,1-2H3. The van der Waals surface area contributed by atoms with E-state index in [0.717, 1.165) is 0 Å². The van der Waals surface area contributed by atoms with Crippen molar-refractivity contribution in [1.29, 1.82) is 0 Å². The molecular formula is C9H12N4O2. The molecule has 0 atom stereocenters. The van der Waals surface area contributed by atoms with Gasteiger partial charge in [-0.05, 0) is 13.8 Å². The lowest BCUT2D eigenvalue weighted by Gasteiger charge is -2.11. The fraction of sp³-hybridized carbons (Fsp3) is 0.444. The number of aliphatic hydroxyl groups is 1. The molecule has 0 amide bonds. The first kappa shape index (κ1) is 9.85. The fourth-order valence-electron chi connectivity index (χ4n) is 1.14. The summed E-state index contributed by atoms with van der Waals surface area (Å²) in [5.41, 5.74) is -0.443. The summed E-state index contributed by atoms with van der Waals surface area (Å²) in [6, 6.07) is 1.76. The Kier molecular flexibility index (Phi) is 2.28. The van der Waals surface area contributed by atoms with Crippen LogP contribution < -0.4 is 0 Å². The summed E-state index contributed by atoms with van der Waals surface area (Å²) in [6.45, 7) is 3.79. The third-order valence-corrected chi connectivity index (χ3v) is 1.97. The zero-order valence-electron chi connectivity index (χ0n) is 8.58. The molecule has 2 heterocycles. The molecule has 0 aliphatic rings. The molecule has 2 aromatic heterocycles. The summed E-state index contributed by atoms with van der Waals surface area (Å²) in [5, 5.41) is 21.0. The molecule has 2 aromatic rings. The molecule has 0 radical (unpaired) electrons. The Hall–Kier alpha value is -1.69. The van der Waals surface area contributed by atoms with Gasteiger partial charge in [0, 0.05) is 6.07 Å². The van der Waals surface area contributed by atoms with Crippen LogP contribution in [-0.4, -0.2) is 25.3 Å². The number of hydrogen-bond donors (Lipinski definition) is 1. The maximum Gasteiger partial charge on any atom is 0.158 e. The van der Waals surface area contributed by atoms with Gasteiger partial charge in [-0.1, -0.05) is 10.4 Å². The topological polar surface area (TPSA) is 77.0 Å². The van der Waals surface area contributed by atoms with E-state index in [4.69, 9.17) is 4.52 Å². The minimum Gasteiger partial charge on any atom is -0.384 e. The van der Waals surface area contributed by atoms with Gasteiger partial charge < -0.3 is 9.63 Å². The van der Waals surface area contributed by atoms with Gasteiger partial charge in [0.25, 0.3) is 0 Å². The van der Waals surface area contributed by atoms with Crippen molar-refractivity contribution >= 4 is 0 Å². The van der Waals surface area contributed by atoms with E-state index in [2.05, 4.69) is 15.5 Å². The predicted octanol–water partition coefficient (Wildman–Crippen LogP) is 0.542. The molecule has 1 N–H and O–H groups in total. The molecule has 0 aliphatic carbocycles. The Morgan fingerprint density at radius 2 is 2.33 bits per heavy atom. The Labute approximate surface area is 86.5 Å². The van der Waals surface area contributed by atoms with Crippen LogP contribution in [0.2, 0.25) is 0 Å². The van der Waals surface area contributed by atoms with Crippen LogP contribution in [0.1, 0.15) is 25.3 Å². The second-order valence-electron chi connectivity index (χ2n) is 3.84. The first-order chi connectivity index (χ1) is 7.05. The predicted molar refractivity (Wildman–Crippen MR) is 50.9 cm³/mol. The summed E-state index contributed by atoms with van der Waals surface area (Å²) < 4.78 is 6.52. The summed E-state index contributed by atoms with van der Waals surface area (Å²) in [5.74, 6) is 0.696. The second-order valence-corrected chi connectivity index (χ2v) is 3.84. The lowest BCUT2D eigenvalue weighted by molar-refractivity contribution is 0.0737. The third kappa shape index (κ3) is 2.21. The Balaban J connectivity index is 2.15. The molecule has 0 fully saturated rings. The molecular weight excluding hydrogens is 196 g/mol. The van der Waals surface area contributed by atoms with Gasteiger partial charge >= 0.3 is 0 Å². The molecule has 15 heavy (non-hydrogen) atoms. The minimum absolute atomic E-state index is 0.461. The van der Waals surface area contributed by atoms with E-state index in [-0.39, 0.29) is 0 Å². The average molecular weight is 208 g/mol. The highest BCUT2D eigenvalue weighted by atomic mass is 16.5. The fourth-order valence-corrected chi connectivity index (χ4v) is 1.14. The second kappa shape index (κ2) is 3.47. The Morgan fingerprint density at radius 1 is 1.53 bits per heavy atom. The maximum absolute atomic E-state index is 9.68. The van der Waals surface area contributed by atoms with E-state index in [1.54, 1.807) is 37.0 Å². The van der Waals surface area contributed by atoms with Crippen LogP contribution in [0.15, 0.2) is 23.0 Å². The van der Waals surface area contributed by atoms with E-state index in [1.807, 2.05) is 0 Å². The van der Waals surface area contributed by atoms with Gasteiger partial charge in [0.15, 0.2) is 5.76 Å². The molecule has 6 nitrogen and oxygen atoms in total. The van der Waals surface area contributed by atoms with Gasteiger partial charge in [0.05, 0.1) is 12.4 Å². The van der Waals surface area contributed by atoms with Crippen molar-refractivity contribution in [2.45, 2.75) is 26.0 Å². The van der Waals surface area contributed by atoms with Gasteiger partial charge in [-0.25, -0.2) is 4.68 Å². The smallest absolute Gasteiger partial charge is 0.158 e. The van der Waals surface area contributed by atoms with Crippen LogP contribution in [0.4, 0.5) is 0 Å². The van der Waals surface area contributed by atoms with E-state index < -0.39 is 5.60 Å². The SMILES string of the molecule is CC(C)(O)c1cn(Cc2ccno2)nn1.